The second-order valence-electron chi connectivity index (χ2n) is 10.3. The van der Waals surface area contributed by atoms with Crippen LogP contribution in [-0.2, 0) is 15.7 Å². The van der Waals surface area contributed by atoms with Gasteiger partial charge in [0, 0.05) is 25.6 Å². The third-order valence-corrected chi connectivity index (χ3v) is 11.9. The van der Waals surface area contributed by atoms with Crippen molar-refractivity contribution in [2.45, 2.75) is 44.8 Å². The van der Waals surface area contributed by atoms with Crippen LogP contribution in [0.25, 0.3) is 0 Å². The number of hydrogen-bond acceptors (Lipinski definition) is 4. The van der Waals surface area contributed by atoms with E-state index in [9.17, 15) is 4.79 Å². The van der Waals surface area contributed by atoms with Gasteiger partial charge in [-0.05, 0) is 27.1 Å². The zero-order valence-corrected chi connectivity index (χ0v) is 22.4. The Balaban J connectivity index is 1.69. The lowest BCUT2D eigenvalue weighted by atomic mass is 10.1. The molecule has 4 rings (SSSR count). The summed E-state index contributed by atoms with van der Waals surface area (Å²) in [6.45, 7) is 8.80. The first-order valence-electron chi connectivity index (χ1n) is 12.5. The fourth-order valence-electron chi connectivity index (χ4n) is 5.18. The van der Waals surface area contributed by atoms with Crippen LogP contribution < -0.4 is 16.1 Å². The van der Waals surface area contributed by atoms with E-state index in [1.165, 1.54) is 15.9 Å². The van der Waals surface area contributed by atoms with Crippen LogP contribution >= 0.6 is 0 Å². The summed E-state index contributed by atoms with van der Waals surface area (Å²) in [6, 6.07) is 31.8. The lowest BCUT2D eigenvalue weighted by Crippen LogP contribution is -2.67. The van der Waals surface area contributed by atoms with Crippen LogP contribution in [0.1, 0.15) is 32.8 Å². The molecule has 1 aliphatic heterocycles. The number of primary amides is 1. The number of amides is 1. The molecule has 0 fully saturated rings. The Hall–Kier alpha value is -3.19. The second-order valence-corrected chi connectivity index (χ2v) is 14.6. The number of hydrogen-bond donors (Lipinski definition) is 1. The normalized spacial score (nSPS) is 16.9. The van der Waals surface area contributed by atoms with Crippen molar-refractivity contribution in [3.8, 4) is 0 Å². The number of benzene rings is 3. The third kappa shape index (κ3) is 5.78. The Morgan fingerprint density at radius 3 is 1.94 bits per heavy atom. The van der Waals surface area contributed by atoms with Gasteiger partial charge in [-0.1, -0.05) is 112 Å². The van der Waals surface area contributed by atoms with Crippen LogP contribution in [0, 0.1) is 0 Å². The van der Waals surface area contributed by atoms with E-state index < -0.39 is 14.4 Å². The predicted octanol–water partition coefficient (Wildman–Crippen LogP) is 4.82. The molecule has 0 aliphatic carbocycles. The van der Waals surface area contributed by atoms with Crippen molar-refractivity contribution >= 4 is 24.8 Å². The van der Waals surface area contributed by atoms with Gasteiger partial charge in [0.25, 0.3) is 8.32 Å². The lowest BCUT2D eigenvalue weighted by molar-refractivity contribution is 0.105. The highest BCUT2D eigenvalue weighted by atomic mass is 28.4. The molecule has 188 valence electrons. The summed E-state index contributed by atoms with van der Waals surface area (Å²) in [6.07, 6.45) is 1.74. The highest BCUT2D eigenvalue weighted by molar-refractivity contribution is 6.99. The van der Waals surface area contributed by atoms with Crippen molar-refractivity contribution in [2.24, 2.45) is 5.73 Å². The summed E-state index contributed by atoms with van der Waals surface area (Å²) in [4.78, 5) is 13.9. The van der Waals surface area contributed by atoms with Gasteiger partial charge >= 0.3 is 6.09 Å². The Kier molecular flexibility index (Phi) is 8.09. The molecule has 0 radical (unpaired) electrons. The van der Waals surface area contributed by atoms with Crippen LogP contribution in [0.3, 0.4) is 0 Å². The van der Waals surface area contributed by atoms with Crippen molar-refractivity contribution < 1.29 is 14.0 Å². The van der Waals surface area contributed by atoms with Gasteiger partial charge in [-0.25, -0.2) is 4.79 Å². The van der Waals surface area contributed by atoms with E-state index in [2.05, 4.69) is 111 Å². The molecule has 0 bridgehead atoms. The minimum absolute atomic E-state index is 0.0335. The topological polar surface area (TPSA) is 64.8 Å². The maximum atomic E-state index is 11.5. The summed E-state index contributed by atoms with van der Waals surface area (Å²) in [5.41, 5.74) is 6.58. The molecule has 3 aromatic rings. The Morgan fingerprint density at radius 2 is 1.44 bits per heavy atom. The molecule has 0 saturated carbocycles. The Morgan fingerprint density at radius 1 is 0.917 bits per heavy atom. The lowest BCUT2D eigenvalue weighted by Gasteiger charge is -2.45. The summed E-state index contributed by atoms with van der Waals surface area (Å²) in [5, 5.41) is 2.38. The second kappa shape index (κ2) is 11.2. The summed E-state index contributed by atoms with van der Waals surface area (Å²) >= 11 is 0. The number of carbonyl (C=O) groups excluding carboxylic acids is 1. The van der Waals surface area contributed by atoms with Crippen molar-refractivity contribution in [1.82, 2.24) is 4.90 Å². The Bertz CT molecular complexity index is 1120. The van der Waals surface area contributed by atoms with Crippen molar-refractivity contribution in [1.29, 1.82) is 0 Å². The van der Waals surface area contributed by atoms with Gasteiger partial charge in [0.1, 0.15) is 5.76 Å². The van der Waals surface area contributed by atoms with E-state index in [4.69, 9.17) is 14.9 Å². The highest BCUT2D eigenvalue weighted by Crippen LogP contribution is 2.37. The average molecular weight is 501 g/mol. The average Bonchev–Trinajstić information content (AvgIpc) is 2.86. The molecule has 1 atom stereocenters. The molecule has 0 saturated heterocycles. The van der Waals surface area contributed by atoms with E-state index in [0.29, 0.717) is 25.3 Å². The zero-order valence-electron chi connectivity index (χ0n) is 21.4. The van der Waals surface area contributed by atoms with E-state index in [1.54, 1.807) is 0 Å². The smallest absolute Gasteiger partial charge is 0.409 e. The van der Waals surface area contributed by atoms with Crippen LogP contribution in [0.2, 0.25) is 5.04 Å². The zero-order chi connectivity index (χ0) is 25.6. The van der Waals surface area contributed by atoms with Crippen LogP contribution in [0.15, 0.2) is 103 Å². The maximum absolute atomic E-state index is 11.5. The van der Waals surface area contributed by atoms with Gasteiger partial charge in [0.15, 0.2) is 0 Å². The monoisotopic (exact) mass is 500 g/mol. The molecule has 5 nitrogen and oxygen atoms in total. The maximum Gasteiger partial charge on any atom is 0.409 e. The number of ether oxygens (including phenoxy) is 1. The number of rotatable bonds is 8. The quantitative estimate of drug-likeness (QED) is 0.451. The largest absolute Gasteiger partial charge is 0.415 e. The molecule has 1 aliphatic rings. The molecule has 2 N–H and O–H groups in total. The van der Waals surface area contributed by atoms with Crippen molar-refractivity contribution in [3.05, 3.63) is 108 Å². The molecular weight excluding hydrogens is 464 g/mol. The molecule has 1 amide bonds. The van der Waals surface area contributed by atoms with E-state index in [-0.39, 0.29) is 11.1 Å². The summed E-state index contributed by atoms with van der Waals surface area (Å²) in [7, 11) is -2.69. The van der Waals surface area contributed by atoms with E-state index in [1.807, 2.05) is 12.1 Å². The number of nitrogens with zero attached hydrogens (tertiary/aromatic N) is 1. The molecule has 0 aromatic heterocycles. The first-order valence-corrected chi connectivity index (χ1v) is 14.4. The molecule has 3 aromatic carbocycles. The molecular formula is C30H36N2O3Si. The minimum atomic E-state index is -2.69. The van der Waals surface area contributed by atoms with Gasteiger partial charge in [-0.3, -0.25) is 4.90 Å². The fourth-order valence-corrected chi connectivity index (χ4v) is 9.78. The first-order chi connectivity index (χ1) is 17.3. The first kappa shape index (κ1) is 25.9. The van der Waals surface area contributed by atoms with E-state index >= 15 is 0 Å². The van der Waals surface area contributed by atoms with Crippen LogP contribution in [0.5, 0.6) is 0 Å². The van der Waals surface area contributed by atoms with Gasteiger partial charge < -0.3 is 14.9 Å². The summed E-state index contributed by atoms with van der Waals surface area (Å²) < 4.78 is 12.5. The van der Waals surface area contributed by atoms with Gasteiger partial charge in [0.05, 0.1) is 6.61 Å². The molecule has 0 spiro atoms. The van der Waals surface area contributed by atoms with E-state index in [0.717, 1.165) is 6.54 Å². The van der Waals surface area contributed by atoms with Gasteiger partial charge in [-0.15, -0.1) is 0 Å². The highest BCUT2D eigenvalue weighted by Gasteiger charge is 2.50. The van der Waals surface area contributed by atoms with Crippen molar-refractivity contribution in [2.75, 3.05) is 13.2 Å². The SMILES string of the molecule is CC(C)(C)[Si](OCC1CC(OC(N)=O)=CCN1Cc1ccccc1)(c1ccccc1)c1ccccc1. The molecule has 6 heteroatoms. The Labute approximate surface area is 215 Å². The van der Waals surface area contributed by atoms with Crippen molar-refractivity contribution in [3.63, 3.8) is 0 Å². The predicted molar refractivity (Wildman–Crippen MR) is 148 cm³/mol. The van der Waals surface area contributed by atoms with Gasteiger partial charge in [0.2, 0.25) is 0 Å². The third-order valence-electron chi connectivity index (χ3n) is 6.88. The number of carbonyl (C=O) groups is 1. The summed E-state index contributed by atoms with van der Waals surface area (Å²) in [5.74, 6) is 0.614. The fraction of sp³-hybridized carbons (Fsp3) is 0.300. The van der Waals surface area contributed by atoms with Crippen LogP contribution in [-0.4, -0.2) is 38.5 Å². The molecule has 1 heterocycles. The standard InChI is InChI=1S/C30H36N2O3Si/c1-30(2,3)36(27-15-9-5-10-16-27,28-17-11-6-12-18-28)34-23-25-21-26(35-29(31)33)19-20-32(25)22-24-13-7-4-8-14-24/h4-19,25H,20-23H2,1-3H3,(H2,31,33). The number of nitrogens with two attached hydrogens (primary N) is 1. The minimum Gasteiger partial charge on any atom is -0.415 e. The van der Waals surface area contributed by atoms with Gasteiger partial charge in [-0.2, -0.15) is 0 Å². The molecule has 1 unspecified atom stereocenters. The van der Waals surface area contributed by atoms with Crippen LogP contribution in [0.4, 0.5) is 4.79 Å². The molecule has 36 heavy (non-hydrogen) atoms.